The summed E-state index contributed by atoms with van der Waals surface area (Å²) in [5, 5.41) is 6.19. The Morgan fingerprint density at radius 1 is 1.11 bits per heavy atom. The van der Waals surface area contributed by atoms with E-state index in [-0.39, 0.29) is 18.5 Å². The summed E-state index contributed by atoms with van der Waals surface area (Å²) in [6.07, 6.45) is 0. The Morgan fingerprint density at radius 2 is 1.81 bits per heavy atom. The predicted molar refractivity (Wildman–Crippen MR) is 113 cm³/mol. The monoisotopic (exact) mass is 398 g/mol. The number of nitrogens with one attached hydrogen (secondary N) is 1. The van der Waals surface area contributed by atoms with Crippen LogP contribution in [-0.4, -0.2) is 24.4 Å². The molecule has 0 aliphatic rings. The highest BCUT2D eigenvalue weighted by Gasteiger charge is 2.17. The molecule has 1 atom stereocenters. The van der Waals surface area contributed by atoms with Gasteiger partial charge in [-0.1, -0.05) is 59.6 Å². The number of likely N-dealkylation sites (N-methyl/N-ethyl adjacent to an activating group) is 1. The standard InChI is InChI=1S/C22H23ClN2OS/c1-16-5-9-18(10-6-16)22(20-4-3-13-27-20)24-14-21(26)25(2)15-17-7-11-19(23)12-8-17/h3-13,22,24H,14-15H2,1-2H3/t22-/m0/s1. The van der Waals surface area contributed by atoms with E-state index in [1.165, 1.54) is 10.4 Å². The van der Waals surface area contributed by atoms with Gasteiger partial charge in [0.2, 0.25) is 5.91 Å². The largest absolute Gasteiger partial charge is 0.340 e. The fourth-order valence-corrected chi connectivity index (χ4v) is 3.83. The van der Waals surface area contributed by atoms with Crippen LogP contribution in [0, 0.1) is 6.92 Å². The zero-order valence-electron chi connectivity index (χ0n) is 15.5. The van der Waals surface area contributed by atoms with Crippen molar-refractivity contribution in [2.75, 3.05) is 13.6 Å². The number of aryl methyl sites for hydroxylation is 1. The van der Waals surface area contributed by atoms with Crippen LogP contribution in [0.5, 0.6) is 0 Å². The highest BCUT2D eigenvalue weighted by molar-refractivity contribution is 7.10. The number of hydrogen-bond donors (Lipinski definition) is 1. The van der Waals surface area contributed by atoms with Crippen LogP contribution in [0.3, 0.4) is 0 Å². The Labute approximate surface area is 169 Å². The lowest BCUT2D eigenvalue weighted by molar-refractivity contribution is -0.129. The second-order valence-electron chi connectivity index (χ2n) is 6.62. The van der Waals surface area contributed by atoms with Gasteiger partial charge in [0.25, 0.3) is 0 Å². The first-order valence-corrected chi connectivity index (χ1v) is 10.1. The number of rotatable bonds is 7. The topological polar surface area (TPSA) is 32.3 Å². The molecule has 0 unspecified atom stereocenters. The number of carbonyl (C=O) groups is 1. The van der Waals surface area contributed by atoms with E-state index in [0.717, 1.165) is 11.1 Å². The summed E-state index contributed by atoms with van der Waals surface area (Å²) in [6, 6.07) is 20.2. The average Bonchev–Trinajstić information content (AvgIpc) is 3.19. The van der Waals surface area contributed by atoms with Crippen molar-refractivity contribution in [3.63, 3.8) is 0 Å². The van der Waals surface area contributed by atoms with E-state index >= 15 is 0 Å². The number of benzene rings is 2. The van der Waals surface area contributed by atoms with Crippen molar-refractivity contribution in [1.29, 1.82) is 0 Å². The van der Waals surface area contributed by atoms with Gasteiger partial charge in [-0.25, -0.2) is 0 Å². The van der Waals surface area contributed by atoms with E-state index in [2.05, 4.69) is 48.0 Å². The van der Waals surface area contributed by atoms with E-state index in [1.54, 1.807) is 16.2 Å². The van der Waals surface area contributed by atoms with E-state index in [9.17, 15) is 4.79 Å². The number of carbonyl (C=O) groups excluding carboxylic acids is 1. The SMILES string of the molecule is Cc1ccc([C@H](NCC(=O)N(C)Cc2ccc(Cl)cc2)c2cccs2)cc1. The fraction of sp³-hybridized carbons (Fsp3) is 0.227. The summed E-state index contributed by atoms with van der Waals surface area (Å²) in [6.45, 7) is 2.92. The summed E-state index contributed by atoms with van der Waals surface area (Å²) in [5.74, 6) is 0.0543. The summed E-state index contributed by atoms with van der Waals surface area (Å²) in [7, 11) is 1.82. The Bertz CT molecular complexity index is 860. The van der Waals surface area contributed by atoms with Crippen LogP contribution >= 0.6 is 22.9 Å². The van der Waals surface area contributed by atoms with Crippen LogP contribution in [0.4, 0.5) is 0 Å². The normalized spacial score (nSPS) is 12.0. The quantitative estimate of drug-likeness (QED) is 0.604. The van der Waals surface area contributed by atoms with Crippen molar-refractivity contribution in [2.24, 2.45) is 0 Å². The molecule has 0 bridgehead atoms. The number of nitrogens with zero attached hydrogens (tertiary/aromatic N) is 1. The fourth-order valence-electron chi connectivity index (χ4n) is 2.87. The second kappa shape index (κ2) is 9.18. The Kier molecular flexibility index (Phi) is 6.67. The van der Waals surface area contributed by atoms with Crippen molar-refractivity contribution in [1.82, 2.24) is 10.2 Å². The molecule has 1 N–H and O–H groups in total. The van der Waals surface area contributed by atoms with E-state index in [1.807, 2.05) is 37.4 Å². The molecule has 1 amide bonds. The molecule has 0 fully saturated rings. The molecule has 0 aliphatic carbocycles. The summed E-state index contributed by atoms with van der Waals surface area (Å²) in [4.78, 5) is 15.5. The maximum Gasteiger partial charge on any atom is 0.236 e. The Morgan fingerprint density at radius 3 is 2.44 bits per heavy atom. The highest BCUT2D eigenvalue weighted by atomic mass is 35.5. The summed E-state index contributed by atoms with van der Waals surface area (Å²) >= 11 is 7.62. The minimum Gasteiger partial charge on any atom is -0.340 e. The molecule has 0 radical (unpaired) electrons. The minimum atomic E-state index is 0.0125. The maximum atomic E-state index is 12.6. The molecule has 1 aromatic heterocycles. The number of thiophene rings is 1. The summed E-state index contributed by atoms with van der Waals surface area (Å²) < 4.78 is 0. The molecule has 3 nitrogen and oxygen atoms in total. The molecule has 1 heterocycles. The molecule has 0 aliphatic heterocycles. The molecule has 0 spiro atoms. The van der Waals surface area contributed by atoms with E-state index < -0.39 is 0 Å². The number of hydrogen-bond acceptors (Lipinski definition) is 3. The van der Waals surface area contributed by atoms with Gasteiger partial charge in [0.05, 0.1) is 12.6 Å². The van der Waals surface area contributed by atoms with Crippen molar-refractivity contribution < 1.29 is 4.79 Å². The van der Waals surface area contributed by atoms with Crippen LogP contribution in [0.25, 0.3) is 0 Å². The van der Waals surface area contributed by atoms with Crippen LogP contribution < -0.4 is 5.32 Å². The van der Waals surface area contributed by atoms with Crippen molar-refractivity contribution in [2.45, 2.75) is 19.5 Å². The van der Waals surface area contributed by atoms with Gasteiger partial charge in [-0.2, -0.15) is 0 Å². The van der Waals surface area contributed by atoms with Crippen molar-refractivity contribution in [3.8, 4) is 0 Å². The van der Waals surface area contributed by atoms with E-state index in [0.29, 0.717) is 11.6 Å². The predicted octanol–water partition coefficient (Wildman–Crippen LogP) is 5.05. The first-order valence-electron chi connectivity index (χ1n) is 8.84. The third kappa shape index (κ3) is 5.42. The molecule has 0 saturated carbocycles. The molecular weight excluding hydrogens is 376 g/mol. The lowest BCUT2D eigenvalue weighted by Gasteiger charge is -2.22. The van der Waals surface area contributed by atoms with E-state index in [4.69, 9.17) is 11.6 Å². The average molecular weight is 399 g/mol. The van der Waals surface area contributed by atoms with Gasteiger partial charge < -0.3 is 4.90 Å². The van der Waals surface area contributed by atoms with Crippen LogP contribution in [0.15, 0.2) is 66.0 Å². The van der Waals surface area contributed by atoms with Gasteiger partial charge in [0.15, 0.2) is 0 Å². The lowest BCUT2D eigenvalue weighted by atomic mass is 10.0. The van der Waals surface area contributed by atoms with Gasteiger partial charge >= 0.3 is 0 Å². The zero-order valence-corrected chi connectivity index (χ0v) is 17.1. The summed E-state index contributed by atoms with van der Waals surface area (Å²) in [5.41, 5.74) is 3.45. The van der Waals surface area contributed by atoms with Gasteiger partial charge in [0.1, 0.15) is 0 Å². The molecule has 27 heavy (non-hydrogen) atoms. The second-order valence-corrected chi connectivity index (χ2v) is 8.03. The highest BCUT2D eigenvalue weighted by Crippen LogP contribution is 2.26. The molecular formula is C22H23ClN2OS. The maximum absolute atomic E-state index is 12.6. The number of halogens is 1. The van der Waals surface area contributed by atoms with Crippen LogP contribution in [-0.2, 0) is 11.3 Å². The molecule has 3 rings (SSSR count). The number of amides is 1. The smallest absolute Gasteiger partial charge is 0.236 e. The van der Waals surface area contributed by atoms with Crippen LogP contribution in [0.2, 0.25) is 5.02 Å². The van der Waals surface area contributed by atoms with Crippen molar-refractivity contribution >= 4 is 28.8 Å². The van der Waals surface area contributed by atoms with Gasteiger partial charge in [0, 0.05) is 23.5 Å². The molecule has 2 aromatic carbocycles. The third-order valence-electron chi connectivity index (χ3n) is 4.45. The Hall–Kier alpha value is -2.14. The first kappa shape index (κ1) is 19.6. The van der Waals surface area contributed by atoms with Gasteiger partial charge in [-0.15, -0.1) is 11.3 Å². The molecule has 5 heteroatoms. The zero-order chi connectivity index (χ0) is 19.2. The first-order chi connectivity index (χ1) is 13.0. The Balaban J connectivity index is 1.65. The molecule has 3 aromatic rings. The third-order valence-corrected chi connectivity index (χ3v) is 5.64. The van der Waals surface area contributed by atoms with Crippen molar-refractivity contribution in [3.05, 3.63) is 92.6 Å². The molecule has 0 saturated heterocycles. The minimum absolute atomic E-state index is 0.0125. The molecule has 140 valence electrons. The van der Waals surface area contributed by atoms with Gasteiger partial charge in [-0.05, 0) is 41.6 Å². The van der Waals surface area contributed by atoms with Gasteiger partial charge in [-0.3, -0.25) is 10.1 Å². The lowest BCUT2D eigenvalue weighted by Crippen LogP contribution is -2.36. The van der Waals surface area contributed by atoms with Crippen LogP contribution in [0.1, 0.15) is 27.6 Å².